The molecule has 0 saturated heterocycles. The lowest BCUT2D eigenvalue weighted by molar-refractivity contribution is 0.304. The van der Waals surface area contributed by atoms with Crippen molar-refractivity contribution in [1.29, 1.82) is 0 Å². The summed E-state index contributed by atoms with van der Waals surface area (Å²) in [5.41, 5.74) is 5.83. The molecular formula is C33H39NO2. The van der Waals surface area contributed by atoms with Crippen molar-refractivity contribution in [1.82, 2.24) is 4.57 Å². The first-order valence-corrected chi connectivity index (χ1v) is 13.4. The second kappa shape index (κ2) is 13.6. The van der Waals surface area contributed by atoms with Gasteiger partial charge in [-0.1, -0.05) is 75.8 Å². The third-order valence-electron chi connectivity index (χ3n) is 6.59. The summed E-state index contributed by atoms with van der Waals surface area (Å²) in [6.45, 7) is 5.77. The molecule has 188 valence electrons. The van der Waals surface area contributed by atoms with Crippen LogP contribution in [-0.4, -0.2) is 11.2 Å². The van der Waals surface area contributed by atoms with E-state index in [1.54, 1.807) is 0 Å². The highest BCUT2D eigenvalue weighted by atomic mass is 16.5. The third kappa shape index (κ3) is 7.27. The Morgan fingerprint density at radius 3 is 1.97 bits per heavy atom. The molecule has 0 bridgehead atoms. The number of nitrogens with zero attached hydrogens (tertiary/aromatic N) is 1. The van der Waals surface area contributed by atoms with Crippen molar-refractivity contribution >= 4 is 0 Å². The van der Waals surface area contributed by atoms with E-state index >= 15 is 0 Å². The number of benzene rings is 3. The molecule has 4 aromatic rings. The van der Waals surface area contributed by atoms with Gasteiger partial charge in [-0.15, -0.1) is 0 Å². The number of ether oxygens (including phenoxy) is 2. The van der Waals surface area contributed by atoms with Crippen molar-refractivity contribution in [3.63, 3.8) is 0 Å². The summed E-state index contributed by atoms with van der Waals surface area (Å²) < 4.78 is 14.3. The predicted octanol–water partition coefficient (Wildman–Crippen LogP) is 9.16. The summed E-state index contributed by atoms with van der Waals surface area (Å²) in [5.74, 6) is 1.82. The summed E-state index contributed by atoms with van der Waals surface area (Å²) >= 11 is 0. The molecular weight excluding hydrogens is 442 g/mol. The average molecular weight is 482 g/mol. The van der Waals surface area contributed by atoms with Crippen molar-refractivity contribution < 1.29 is 9.47 Å². The number of aromatic nitrogens is 1. The van der Waals surface area contributed by atoms with Crippen molar-refractivity contribution in [2.45, 2.75) is 65.4 Å². The van der Waals surface area contributed by atoms with E-state index in [4.69, 9.17) is 9.47 Å². The zero-order chi connectivity index (χ0) is 25.0. The number of rotatable bonds is 14. The van der Waals surface area contributed by atoms with Crippen molar-refractivity contribution in [3.8, 4) is 28.4 Å². The van der Waals surface area contributed by atoms with Crippen LogP contribution >= 0.6 is 0 Å². The summed E-state index contributed by atoms with van der Waals surface area (Å²) in [6.07, 6.45) is 9.08. The summed E-state index contributed by atoms with van der Waals surface area (Å²) in [7, 11) is 0. The predicted molar refractivity (Wildman–Crippen MR) is 150 cm³/mol. The molecule has 0 aliphatic heterocycles. The van der Waals surface area contributed by atoms with Crippen LogP contribution in [0, 0.1) is 6.92 Å². The van der Waals surface area contributed by atoms with Gasteiger partial charge in [-0.3, -0.25) is 0 Å². The van der Waals surface area contributed by atoms with Gasteiger partial charge in [0.25, 0.3) is 0 Å². The smallest absolute Gasteiger partial charge is 0.119 e. The van der Waals surface area contributed by atoms with Gasteiger partial charge in [-0.05, 0) is 85.1 Å². The molecule has 3 nitrogen and oxygen atoms in total. The van der Waals surface area contributed by atoms with Crippen molar-refractivity contribution in [2.24, 2.45) is 0 Å². The third-order valence-corrected chi connectivity index (χ3v) is 6.59. The molecule has 36 heavy (non-hydrogen) atoms. The van der Waals surface area contributed by atoms with E-state index in [-0.39, 0.29) is 0 Å². The van der Waals surface area contributed by atoms with E-state index in [9.17, 15) is 0 Å². The number of aryl methyl sites for hydroxylation is 1. The Kier molecular flexibility index (Phi) is 9.67. The molecule has 0 spiro atoms. The number of unbranched alkanes of at least 4 members (excludes halogenated alkanes) is 6. The first-order chi connectivity index (χ1) is 17.7. The summed E-state index contributed by atoms with van der Waals surface area (Å²) in [6, 6.07) is 31.4. The molecule has 0 saturated carbocycles. The highest BCUT2D eigenvalue weighted by molar-refractivity contribution is 5.65. The van der Waals surface area contributed by atoms with Crippen LogP contribution in [0.2, 0.25) is 0 Å². The first-order valence-electron chi connectivity index (χ1n) is 13.4. The van der Waals surface area contributed by atoms with Gasteiger partial charge in [-0.25, -0.2) is 0 Å². The normalized spacial score (nSPS) is 10.9. The molecule has 3 aromatic carbocycles. The lowest BCUT2D eigenvalue weighted by Gasteiger charge is -2.14. The minimum absolute atomic E-state index is 0.572. The van der Waals surface area contributed by atoms with E-state index in [1.165, 1.54) is 55.5 Å². The Bertz CT molecular complexity index is 1160. The van der Waals surface area contributed by atoms with Crippen LogP contribution < -0.4 is 9.47 Å². The number of hydrogen-bond donors (Lipinski definition) is 0. The maximum Gasteiger partial charge on any atom is 0.119 e. The van der Waals surface area contributed by atoms with Gasteiger partial charge in [0.2, 0.25) is 0 Å². The fourth-order valence-electron chi connectivity index (χ4n) is 4.51. The molecule has 0 fully saturated rings. The molecule has 0 atom stereocenters. The molecule has 4 rings (SSSR count). The Labute approximate surface area is 216 Å². The van der Waals surface area contributed by atoms with E-state index in [0.717, 1.165) is 35.8 Å². The molecule has 1 aromatic heterocycles. The summed E-state index contributed by atoms with van der Waals surface area (Å²) in [5, 5.41) is 0. The summed E-state index contributed by atoms with van der Waals surface area (Å²) in [4.78, 5) is 0. The minimum atomic E-state index is 0.572. The van der Waals surface area contributed by atoms with E-state index in [0.29, 0.717) is 6.61 Å². The SMILES string of the molecule is CCCCCCCCCOc1ccc(-n2c(C)ccc2-c2ccc(OCc3ccccc3)cc2)cc1. The Morgan fingerprint density at radius 2 is 1.25 bits per heavy atom. The zero-order valence-electron chi connectivity index (χ0n) is 21.8. The van der Waals surface area contributed by atoms with Gasteiger partial charge in [0.1, 0.15) is 18.1 Å². The van der Waals surface area contributed by atoms with Gasteiger partial charge in [-0.2, -0.15) is 0 Å². The van der Waals surface area contributed by atoms with Crippen LogP contribution in [0.5, 0.6) is 11.5 Å². The van der Waals surface area contributed by atoms with Crippen molar-refractivity contribution in [3.05, 3.63) is 102 Å². The molecule has 0 radical (unpaired) electrons. The Hall–Kier alpha value is -3.46. The van der Waals surface area contributed by atoms with Crippen LogP contribution in [0.1, 0.15) is 63.1 Å². The zero-order valence-corrected chi connectivity index (χ0v) is 21.8. The van der Waals surface area contributed by atoms with E-state index in [1.807, 2.05) is 30.3 Å². The van der Waals surface area contributed by atoms with Crippen molar-refractivity contribution in [2.75, 3.05) is 6.61 Å². The average Bonchev–Trinajstić information content (AvgIpc) is 3.31. The number of hydrogen-bond acceptors (Lipinski definition) is 2. The van der Waals surface area contributed by atoms with Gasteiger partial charge in [0.15, 0.2) is 0 Å². The molecule has 3 heteroatoms. The van der Waals surface area contributed by atoms with E-state index in [2.05, 4.69) is 79.1 Å². The maximum absolute atomic E-state index is 6.00. The molecule has 0 amide bonds. The molecule has 0 aliphatic rings. The largest absolute Gasteiger partial charge is 0.494 e. The highest BCUT2D eigenvalue weighted by Crippen LogP contribution is 2.29. The van der Waals surface area contributed by atoms with E-state index < -0.39 is 0 Å². The fourth-order valence-corrected chi connectivity index (χ4v) is 4.51. The van der Waals surface area contributed by atoms with Gasteiger partial charge < -0.3 is 14.0 Å². The lowest BCUT2D eigenvalue weighted by atomic mass is 10.1. The molecule has 0 aliphatic carbocycles. The molecule has 0 unspecified atom stereocenters. The van der Waals surface area contributed by atoms with Gasteiger partial charge >= 0.3 is 0 Å². The lowest BCUT2D eigenvalue weighted by Crippen LogP contribution is -2.01. The van der Waals surface area contributed by atoms with Crippen LogP contribution in [-0.2, 0) is 6.61 Å². The van der Waals surface area contributed by atoms with Crippen LogP contribution in [0.25, 0.3) is 16.9 Å². The quantitative estimate of drug-likeness (QED) is 0.168. The highest BCUT2D eigenvalue weighted by Gasteiger charge is 2.10. The first kappa shape index (κ1) is 25.6. The second-order valence-corrected chi connectivity index (χ2v) is 9.46. The monoisotopic (exact) mass is 481 g/mol. The topological polar surface area (TPSA) is 23.4 Å². The maximum atomic E-state index is 6.00. The fraction of sp³-hybridized carbons (Fsp3) is 0.333. The Balaban J connectivity index is 1.33. The Morgan fingerprint density at radius 1 is 0.611 bits per heavy atom. The molecule has 0 N–H and O–H groups in total. The molecule has 1 heterocycles. The minimum Gasteiger partial charge on any atom is -0.494 e. The standard InChI is InChI=1S/C33H39NO2/c1-3-4-5-6-7-8-12-25-35-31-22-18-30(19-23-31)34-27(2)15-24-33(34)29-16-20-32(21-17-29)36-26-28-13-10-9-11-14-28/h9-11,13-24H,3-8,12,25-26H2,1-2H3. The van der Waals surface area contributed by atoms with Gasteiger partial charge in [0.05, 0.1) is 12.3 Å². The van der Waals surface area contributed by atoms with Gasteiger partial charge in [0, 0.05) is 11.4 Å². The second-order valence-electron chi connectivity index (χ2n) is 9.46. The van der Waals surface area contributed by atoms with Crippen LogP contribution in [0.4, 0.5) is 0 Å². The van der Waals surface area contributed by atoms with Crippen LogP contribution in [0.15, 0.2) is 91.0 Å². The van der Waals surface area contributed by atoms with Crippen LogP contribution in [0.3, 0.4) is 0 Å².